The van der Waals surface area contributed by atoms with E-state index in [1.807, 2.05) is 18.2 Å². The number of hydrogen-bond acceptors (Lipinski definition) is 2. The maximum atomic E-state index is 5.48. The van der Waals surface area contributed by atoms with Gasteiger partial charge in [0.15, 0.2) is 11.5 Å². The zero-order chi connectivity index (χ0) is 17.9. The van der Waals surface area contributed by atoms with Crippen molar-refractivity contribution in [2.75, 3.05) is 14.2 Å². The molecule has 26 heavy (non-hydrogen) atoms. The Labute approximate surface area is 153 Å². The summed E-state index contributed by atoms with van der Waals surface area (Å²) in [6, 6.07) is 29.5. The third-order valence-electron chi connectivity index (χ3n) is 4.66. The molecular weight excluding hydrogens is 320 g/mol. The summed E-state index contributed by atoms with van der Waals surface area (Å²) in [7, 11) is 3.32. The van der Waals surface area contributed by atoms with E-state index in [0.29, 0.717) is 0 Å². The third-order valence-corrected chi connectivity index (χ3v) is 4.66. The average Bonchev–Trinajstić information content (AvgIpc) is 2.73. The molecule has 0 bridgehead atoms. The molecular formula is C24H20O2. The largest absolute Gasteiger partial charge is 0.493 e. The maximum Gasteiger partial charge on any atom is 0.161 e. The molecule has 0 aliphatic rings. The van der Waals surface area contributed by atoms with Gasteiger partial charge in [-0.1, -0.05) is 60.7 Å². The van der Waals surface area contributed by atoms with Gasteiger partial charge in [0, 0.05) is 0 Å². The highest BCUT2D eigenvalue weighted by Crippen LogP contribution is 2.37. The van der Waals surface area contributed by atoms with Gasteiger partial charge < -0.3 is 9.47 Å². The summed E-state index contributed by atoms with van der Waals surface area (Å²) in [6.45, 7) is 0. The molecule has 128 valence electrons. The Morgan fingerprint density at radius 2 is 1.27 bits per heavy atom. The molecule has 0 saturated heterocycles. The highest BCUT2D eigenvalue weighted by molar-refractivity contribution is 6.00. The van der Waals surface area contributed by atoms with Gasteiger partial charge >= 0.3 is 0 Å². The molecule has 0 radical (unpaired) electrons. The van der Waals surface area contributed by atoms with E-state index in [0.717, 1.165) is 22.6 Å². The Bertz CT molecular complexity index is 1050. The molecule has 0 saturated carbocycles. The van der Waals surface area contributed by atoms with E-state index >= 15 is 0 Å². The first kappa shape index (κ1) is 16.2. The zero-order valence-electron chi connectivity index (χ0n) is 14.9. The highest BCUT2D eigenvalue weighted by Gasteiger charge is 2.10. The smallest absolute Gasteiger partial charge is 0.161 e. The molecule has 0 heterocycles. The first-order valence-electron chi connectivity index (χ1n) is 8.61. The van der Waals surface area contributed by atoms with Gasteiger partial charge in [0.1, 0.15) is 0 Å². The number of benzene rings is 4. The minimum atomic E-state index is 0.736. The van der Waals surface area contributed by atoms with E-state index in [-0.39, 0.29) is 0 Å². The molecule has 0 amide bonds. The van der Waals surface area contributed by atoms with Crippen LogP contribution in [0.1, 0.15) is 0 Å². The lowest BCUT2D eigenvalue weighted by Gasteiger charge is -2.13. The van der Waals surface area contributed by atoms with Crippen molar-refractivity contribution < 1.29 is 9.47 Å². The van der Waals surface area contributed by atoms with Crippen LogP contribution in [0, 0.1) is 0 Å². The average molecular weight is 340 g/mol. The fraction of sp³-hybridized carbons (Fsp3) is 0.0833. The Balaban J connectivity index is 1.94. The van der Waals surface area contributed by atoms with Crippen LogP contribution >= 0.6 is 0 Å². The Kier molecular flexibility index (Phi) is 4.32. The standard InChI is InChI=1S/C24H20O2/c1-25-23-13-12-18(16-24(23)26-2)20-14-19-10-6-7-11-21(19)22(15-20)17-8-4-3-5-9-17/h3-16H,1-2H3. The van der Waals surface area contributed by atoms with Crippen molar-refractivity contribution in [1.82, 2.24) is 0 Å². The normalized spacial score (nSPS) is 10.7. The van der Waals surface area contributed by atoms with Crippen LogP contribution in [0.4, 0.5) is 0 Å². The SMILES string of the molecule is COc1ccc(-c2cc(-c3ccccc3)c3ccccc3c2)cc1OC. The van der Waals surface area contributed by atoms with Crippen molar-refractivity contribution in [3.63, 3.8) is 0 Å². The Morgan fingerprint density at radius 3 is 2.04 bits per heavy atom. The van der Waals surface area contributed by atoms with Crippen LogP contribution in [-0.2, 0) is 0 Å². The van der Waals surface area contributed by atoms with Crippen molar-refractivity contribution in [2.24, 2.45) is 0 Å². The Hall–Kier alpha value is -3.26. The lowest BCUT2D eigenvalue weighted by atomic mass is 9.93. The number of methoxy groups -OCH3 is 2. The first-order chi connectivity index (χ1) is 12.8. The van der Waals surface area contributed by atoms with E-state index in [9.17, 15) is 0 Å². The summed E-state index contributed by atoms with van der Waals surface area (Å²) in [6.07, 6.45) is 0. The fourth-order valence-electron chi connectivity index (χ4n) is 3.35. The minimum Gasteiger partial charge on any atom is -0.493 e. The lowest BCUT2D eigenvalue weighted by molar-refractivity contribution is 0.355. The molecule has 0 N–H and O–H groups in total. The molecule has 0 aromatic heterocycles. The van der Waals surface area contributed by atoms with Crippen LogP contribution in [0.15, 0.2) is 84.9 Å². The molecule has 4 aromatic rings. The number of hydrogen-bond donors (Lipinski definition) is 0. The van der Waals surface area contributed by atoms with E-state index in [2.05, 4.69) is 66.7 Å². The maximum absolute atomic E-state index is 5.48. The third kappa shape index (κ3) is 2.91. The molecule has 0 unspecified atom stereocenters. The second-order valence-corrected chi connectivity index (χ2v) is 6.18. The van der Waals surface area contributed by atoms with Crippen LogP contribution in [0.3, 0.4) is 0 Å². The van der Waals surface area contributed by atoms with Crippen LogP contribution < -0.4 is 9.47 Å². The summed E-state index contributed by atoms with van der Waals surface area (Å²) < 4.78 is 10.8. The predicted octanol–water partition coefficient (Wildman–Crippen LogP) is 6.19. The van der Waals surface area contributed by atoms with Crippen molar-refractivity contribution in [1.29, 1.82) is 0 Å². The van der Waals surface area contributed by atoms with Crippen molar-refractivity contribution >= 4 is 10.8 Å². The van der Waals surface area contributed by atoms with Gasteiger partial charge in [-0.05, 0) is 57.3 Å². The quantitative estimate of drug-likeness (QED) is 0.441. The van der Waals surface area contributed by atoms with E-state index < -0.39 is 0 Å². The molecule has 0 aliphatic carbocycles. The van der Waals surface area contributed by atoms with Gasteiger partial charge in [-0.3, -0.25) is 0 Å². The topological polar surface area (TPSA) is 18.5 Å². The molecule has 0 spiro atoms. The number of ether oxygens (including phenoxy) is 2. The van der Waals surface area contributed by atoms with Crippen LogP contribution in [-0.4, -0.2) is 14.2 Å². The summed E-state index contributed by atoms with van der Waals surface area (Å²) in [4.78, 5) is 0. The van der Waals surface area contributed by atoms with Gasteiger partial charge in [-0.2, -0.15) is 0 Å². The van der Waals surface area contributed by atoms with Gasteiger partial charge in [0.05, 0.1) is 14.2 Å². The molecule has 4 aromatic carbocycles. The molecule has 2 heteroatoms. The van der Waals surface area contributed by atoms with E-state index in [4.69, 9.17) is 9.47 Å². The van der Waals surface area contributed by atoms with Gasteiger partial charge in [0.2, 0.25) is 0 Å². The number of fused-ring (bicyclic) bond motifs is 1. The summed E-state index contributed by atoms with van der Waals surface area (Å²) in [5.74, 6) is 1.47. The van der Waals surface area contributed by atoms with Crippen LogP contribution in [0.25, 0.3) is 33.0 Å². The zero-order valence-corrected chi connectivity index (χ0v) is 14.9. The van der Waals surface area contributed by atoms with E-state index in [1.165, 1.54) is 21.9 Å². The molecule has 0 aliphatic heterocycles. The summed E-state index contributed by atoms with van der Waals surface area (Å²) >= 11 is 0. The monoisotopic (exact) mass is 340 g/mol. The highest BCUT2D eigenvalue weighted by atomic mass is 16.5. The lowest BCUT2D eigenvalue weighted by Crippen LogP contribution is -1.91. The van der Waals surface area contributed by atoms with Crippen molar-refractivity contribution in [3.8, 4) is 33.8 Å². The van der Waals surface area contributed by atoms with Gasteiger partial charge in [-0.25, -0.2) is 0 Å². The summed E-state index contributed by atoms with van der Waals surface area (Å²) in [5.41, 5.74) is 4.70. The van der Waals surface area contributed by atoms with Crippen molar-refractivity contribution in [3.05, 3.63) is 84.9 Å². The van der Waals surface area contributed by atoms with Gasteiger partial charge in [-0.15, -0.1) is 0 Å². The first-order valence-corrected chi connectivity index (χ1v) is 8.61. The van der Waals surface area contributed by atoms with Crippen molar-refractivity contribution in [2.45, 2.75) is 0 Å². The van der Waals surface area contributed by atoms with E-state index in [1.54, 1.807) is 14.2 Å². The molecule has 2 nitrogen and oxygen atoms in total. The second-order valence-electron chi connectivity index (χ2n) is 6.18. The Morgan fingerprint density at radius 1 is 0.538 bits per heavy atom. The van der Waals surface area contributed by atoms with Gasteiger partial charge in [0.25, 0.3) is 0 Å². The minimum absolute atomic E-state index is 0.736. The van der Waals surface area contributed by atoms with Crippen LogP contribution in [0.5, 0.6) is 11.5 Å². The second kappa shape index (κ2) is 6.93. The molecule has 0 fully saturated rings. The number of rotatable bonds is 4. The summed E-state index contributed by atoms with van der Waals surface area (Å²) in [5, 5.41) is 2.47. The fourth-order valence-corrected chi connectivity index (χ4v) is 3.35. The molecule has 0 atom stereocenters. The predicted molar refractivity (Wildman–Crippen MR) is 108 cm³/mol. The van der Waals surface area contributed by atoms with Crippen LogP contribution in [0.2, 0.25) is 0 Å². The molecule has 4 rings (SSSR count).